The Morgan fingerprint density at radius 3 is 1.07 bits per heavy atom. The van der Waals surface area contributed by atoms with Crippen LogP contribution in [0, 0.1) is 0 Å². The summed E-state index contributed by atoms with van der Waals surface area (Å²) in [5, 5.41) is 0. The topological polar surface area (TPSA) is 18.5 Å². The van der Waals surface area contributed by atoms with E-state index < -0.39 is 21.1 Å². The van der Waals surface area contributed by atoms with Crippen LogP contribution in [0.1, 0.15) is 0 Å². The minimum atomic E-state index is -0.830. The molecule has 0 N–H and O–H groups in total. The molecule has 0 spiro atoms. The summed E-state index contributed by atoms with van der Waals surface area (Å²) >= 11 is -0.830. The van der Waals surface area contributed by atoms with E-state index in [0.29, 0.717) is 0 Å². The summed E-state index contributed by atoms with van der Waals surface area (Å²) in [7, 11) is 0. The fourth-order valence-electron chi connectivity index (χ4n) is 2.63. The van der Waals surface area contributed by atoms with Gasteiger partial charge >= 0.3 is 170 Å². The van der Waals surface area contributed by atoms with Gasteiger partial charge in [0.25, 0.3) is 0 Å². The van der Waals surface area contributed by atoms with E-state index in [4.69, 9.17) is 9.47 Å². The Morgan fingerprint density at radius 2 is 0.704 bits per heavy atom. The molecule has 4 aromatic rings. The van der Waals surface area contributed by atoms with E-state index in [1.807, 2.05) is 60.7 Å². The molecule has 0 fully saturated rings. The fraction of sp³-hybridized carbons (Fsp3) is 0. The van der Waals surface area contributed by atoms with E-state index in [0.717, 1.165) is 23.0 Å². The van der Waals surface area contributed by atoms with Crippen LogP contribution >= 0.6 is 0 Å². The van der Waals surface area contributed by atoms with Gasteiger partial charge in [0.15, 0.2) is 0 Å². The summed E-state index contributed by atoms with van der Waals surface area (Å²) < 4.78 is 14.5. The van der Waals surface area contributed by atoms with Gasteiger partial charge in [-0.15, -0.1) is 0 Å². The van der Waals surface area contributed by atoms with Gasteiger partial charge in [0, 0.05) is 0 Å². The molecule has 27 heavy (non-hydrogen) atoms. The first-order valence-electron chi connectivity index (χ1n) is 8.78. The Hall–Kier alpha value is -2.72. The second-order valence-corrected chi connectivity index (χ2v) is 10.0. The molecule has 0 aliphatic rings. The number of hydrogen-bond acceptors (Lipinski definition) is 2. The first-order valence-corrected chi connectivity index (χ1v) is 11.6. The Bertz CT molecular complexity index is 883. The second kappa shape index (κ2) is 8.78. The van der Waals surface area contributed by atoms with E-state index in [-0.39, 0.29) is 0 Å². The standard InChI is InChI=1S/2C12H9O.Sn/c2*1-3-7-11(8-4-1)13-12-9-5-2-6-10-12;/h2*1,3-10H;. The van der Waals surface area contributed by atoms with Gasteiger partial charge in [-0.1, -0.05) is 0 Å². The monoisotopic (exact) mass is 458 g/mol. The van der Waals surface area contributed by atoms with E-state index in [2.05, 4.69) is 48.5 Å². The number of rotatable bonds is 6. The maximum absolute atomic E-state index is 5.86. The van der Waals surface area contributed by atoms with Crippen molar-refractivity contribution in [3.8, 4) is 23.0 Å². The molecule has 130 valence electrons. The first kappa shape index (κ1) is 17.7. The molecular formula is C24H18O2Sn. The zero-order valence-electron chi connectivity index (χ0n) is 14.7. The molecule has 0 saturated heterocycles. The van der Waals surface area contributed by atoms with Crippen LogP contribution in [0.4, 0.5) is 0 Å². The van der Waals surface area contributed by atoms with Crippen LogP contribution in [0.15, 0.2) is 109 Å². The van der Waals surface area contributed by atoms with Gasteiger partial charge in [-0.3, -0.25) is 0 Å². The van der Waals surface area contributed by atoms with Crippen molar-refractivity contribution < 1.29 is 9.47 Å². The number of benzene rings is 4. The third kappa shape index (κ3) is 5.14. The Balaban J connectivity index is 1.37. The van der Waals surface area contributed by atoms with Crippen molar-refractivity contribution in [2.24, 2.45) is 0 Å². The molecular weight excluding hydrogens is 439 g/mol. The summed E-state index contributed by atoms with van der Waals surface area (Å²) in [5.41, 5.74) is 0. The molecule has 0 aromatic heterocycles. The summed E-state index contributed by atoms with van der Waals surface area (Å²) in [4.78, 5) is 0. The zero-order chi connectivity index (χ0) is 18.3. The average molecular weight is 457 g/mol. The molecule has 0 amide bonds. The van der Waals surface area contributed by atoms with Crippen LogP contribution in [-0.2, 0) is 0 Å². The van der Waals surface area contributed by atoms with E-state index >= 15 is 0 Å². The predicted octanol–water partition coefficient (Wildman–Crippen LogP) is 4.93. The van der Waals surface area contributed by atoms with Crippen LogP contribution in [0.5, 0.6) is 23.0 Å². The van der Waals surface area contributed by atoms with Crippen LogP contribution in [0.3, 0.4) is 0 Å². The third-order valence-electron chi connectivity index (χ3n) is 3.96. The Morgan fingerprint density at radius 1 is 0.370 bits per heavy atom. The number of hydrogen-bond donors (Lipinski definition) is 0. The van der Waals surface area contributed by atoms with Gasteiger partial charge in [0.2, 0.25) is 0 Å². The molecule has 4 rings (SSSR count). The van der Waals surface area contributed by atoms with Gasteiger partial charge in [-0.2, -0.15) is 0 Å². The van der Waals surface area contributed by atoms with E-state index in [1.165, 1.54) is 7.16 Å². The Labute approximate surface area is 169 Å². The van der Waals surface area contributed by atoms with Crippen molar-refractivity contribution in [3.05, 3.63) is 109 Å². The molecule has 0 saturated carbocycles. The molecule has 0 heterocycles. The normalized spacial score (nSPS) is 10.4. The molecule has 0 atom stereocenters. The van der Waals surface area contributed by atoms with Crippen molar-refractivity contribution in [2.75, 3.05) is 0 Å². The predicted molar refractivity (Wildman–Crippen MR) is 111 cm³/mol. The molecule has 2 radical (unpaired) electrons. The van der Waals surface area contributed by atoms with E-state index in [9.17, 15) is 0 Å². The second-order valence-electron chi connectivity index (χ2n) is 6.00. The van der Waals surface area contributed by atoms with Gasteiger partial charge in [-0.05, 0) is 0 Å². The summed E-state index contributed by atoms with van der Waals surface area (Å²) in [6.45, 7) is 0. The molecule has 3 heteroatoms. The van der Waals surface area contributed by atoms with Crippen molar-refractivity contribution in [1.82, 2.24) is 0 Å². The van der Waals surface area contributed by atoms with E-state index in [1.54, 1.807) is 0 Å². The van der Waals surface area contributed by atoms with Crippen LogP contribution in [0.25, 0.3) is 0 Å². The molecule has 0 unspecified atom stereocenters. The molecule has 0 bridgehead atoms. The molecule has 0 aliphatic heterocycles. The van der Waals surface area contributed by atoms with Crippen molar-refractivity contribution in [3.63, 3.8) is 0 Å². The van der Waals surface area contributed by atoms with Gasteiger partial charge in [0.05, 0.1) is 0 Å². The number of ether oxygens (including phenoxy) is 2. The van der Waals surface area contributed by atoms with Gasteiger partial charge in [-0.25, -0.2) is 0 Å². The van der Waals surface area contributed by atoms with Crippen molar-refractivity contribution in [2.45, 2.75) is 0 Å². The zero-order valence-corrected chi connectivity index (χ0v) is 17.6. The summed E-state index contributed by atoms with van der Waals surface area (Å²) in [6.07, 6.45) is 0. The summed E-state index contributed by atoms with van der Waals surface area (Å²) in [6, 6.07) is 36.6. The third-order valence-corrected chi connectivity index (χ3v) is 7.51. The Kier molecular flexibility index (Phi) is 5.75. The quantitative estimate of drug-likeness (QED) is 0.383. The number of para-hydroxylation sites is 2. The van der Waals surface area contributed by atoms with Crippen molar-refractivity contribution in [1.29, 1.82) is 0 Å². The molecule has 2 nitrogen and oxygen atoms in total. The van der Waals surface area contributed by atoms with Crippen LogP contribution < -0.4 is 16.6 Å². The first-order chi connectivity index (χ1) is 13.3. The van der Waals surface area contributed by atoms with Crippen LogP contribution in [-0.4, -0.2) is 21.1 Å². The fourth-order valence-corrected chi connectivity index (χ4v) is 5.48. The SMILES string of the molecule is c1ccc(Oc2cc[c]([Sn][c]3ccc(Oc4ccccc4)cc3)cc2)cc1. The van der Waals surface area contributed by atoms with Crippen molar-refractivity contribution >= 4 is 28.3 Å². The summed E-state index contributed by atoms with van der Waals surface area (Å²) in [5.74, 6) is 3.46. The maximum atomic E-state index is 5.86. The van der Waals surface area contributed by atoms with Gasteiger partial charge in [0.1, 0.15) is 0 Å². The minimum absolute atomic E-state index is 0.830. The van der Waals surface area contributed by atoms with Gasteiger partial charge < -0.3 is 0 Å². The molecule has 4 aromatic carbocycles. The van der Waals surface area contributed by atoms with Crippen LogP contribution in [0.2, 0.25) is 0 Å². The molecule has 0 aliphatic carbocycles. The average Bonchev–Trinajstić information content (AvgIpc) is 2.73.